The Labute approximate surface area is 120 Å². The van der Waals surface area contributed by atoms with Gasteiger partial charge in [0.25, 0.3) is 0 Å². The highest BCUT2D eigenvalue weighted by molar-refractivity contribution is 7.19. The van der Waals surface area contributed by atoms with Gasteiger partial charge in [-0.2, -0.15) is 0 Å². The fourth-order valence-corrected chi connectivity index (χ4v) is 2.86. The predicted molar refractivity (Wildman–Crippen MR) is 78.9 cm³/mol. The zero-order valence-electron chi connectivity index (χ0n) is 11.1. The Balaban J connectivity index is 2.46. The third kappa shape index (κ3) is 2.63. The first kappa shape index (κ1) is 14.0. The molecule has 1 atom stereocenters. The van der Waals surface area contributed by atoms with Gasteiger partial charge < -0.3 is 5.11 Å². The fraction of sp³-hybridized carbons (Fsp3) is 0.214. The molecular weight excluding hydrogens is 274 g/mol. The van der Waals surface area contributed by atoms with E-state index in [1.165, 1.54) is 11.3 Å². The van der Waals surface area contributed by atoms with E-state index in [0.717, 1.165) is 15.5 Å². The van der Waals surface area contributed by atoms with Gasteiger partial charge in [-0.15, -0.1) is 6.42 Å². The number of hydrogen-bond acceptors (Lipinski definition) is 4. The van der Waals surface area contributed by atoms with E-state index in [4.69, 9.17) is 6.42 Å². The van der Waals surface area contributed by atoms with Crippen molar-refractivity contribution in [3.05, 3.63) is 30.2 Å². The molecule has 0 aliphatic carbocycles. The Kier molecular flexibility index (Phi) is 4.01. The second kappa shape index (κ2) is 5.72. The Morgan fingerprint density at radius 3 is 2.90 bits per heavy atom. The van der Waals surface area contributed by atoms with Crippen molar-refractivity contribution in [2.45, 2.75) is 19.9 Å². The number of anilines is 1. The molecule has 1 N–H and O–H groups in total. The average Bonchev–Trinajstić information content (AvgIpc) is 2.81. The number of aromatic nitrogens is 2. The fourth-order valence-electron chi connectivity index (χ4n) is 1.73. The number of terminal acetylenes is 1. The number of amides is 1. The second-order valence-electron chi connectivity index (χ2n) is 4.15. The largest absolute Gasteiger partial charge is 0.465 e. The lowest BCUT2D eigenvalue weighted by molar-refractivity contribution is 0.201. The van der Waals surface area contributed by atoms with Crippen molar-refractivity contribution in [2.75, 3.05) is 4.90 Å². The number of carboxylic acid groups (broad SMARTS) is 1. The van der Waals surface area contributed by atoms with Crippen LogP contribution < -0.4 is 4.90 Å². The summed E-state index contributed by atoms with van der Waals surface area (Å²) in [7, 11) is 0. The monoisotopic (exact) mass is 287 g/mol. The number of rotatable bonds is 3. The number of nitrogens with zero attached hydrogens (tertiary/aromatic N) is 3. The van der Waals surface area contributed by atoms with Crippen molar-refractivity contribution >= 4 is 22.4 Å². The van der Waals surface area contributed by atoms with Crippen molar-refractivity contribution in [3.8, 4) is 22.9 Å². The Morgan fingerprint density at radius 2 is 2.35 bits per heavy atom. The van der Waals surface area contributed by atoms with Crippen LogP contribution >= 0.6 is 11.3 Å². The quantitative estimate of drug-likeness (QED) is 0.881. The highest BCUT2D eigenvalue weighted by Gasteiger charge is 2.25. The third-order valence-corrected chi connectivity index (χ3v) is 3.94. The van der Waals surface area contributed by atoms with Crippen LogP contribution in [0.25, 0.3) is 10.6 Å². The van der Waals surface area contributed by atoms with Crippen LogP contribution in [0.5, 0.6) is 0 Å². The molecule has 6 heteroatoms. The molecule has 0 saturated heterocycles. The van der Waals surface area contributed by atoms with E-state index in [1.807, 2.05) is 12.1 Å². The highest BCUT2D eigenvalue weighted by atomic mass is 32.1. The maximum atomic E-state index is 11.4. The first-order chi connectivity index (χ1) is 9.54. The summed E-state index contributed by atoms with van der Waals surface area (Å²) in [4.78, 5) is 21.0. The Hall–Kier alpha value is -2.39. The van der Waals surface area contributed by atoms with Crippen LogP contribution in [0.2, 0.25) is 0 Å². The SMILES string of the molecule is C#CC(C)N(C(=O)O)c1sc(-c2cccnc2)nc1C. The van der Waals surface area contributed by atoms with Crippen molar-refractivity contribution < 1.29 is 9.90 Å². The molecule has 0 aliphatic rings. The first-order valence-corrected chi connectivity index (χ1v) is 6.72. The molecule has 102 valence electrons. The van der Waals surface area contributed by atoms with Crippen molar-refractivity contribution in [1.29, 1.82) is 0 Å². The van der Waals surface area contributed by atoms with E-state index in [9.17, 15) is 9.90 Å². The molecule has 2 aromatic rings. The van der Waals surface area contributed by atoms with Crippen LogP contribution in [0.15, 0.2) is 24.5 Å². The van der Waals surface area contributed by atoms with Gasteiger partial charge in [-0.25, -0.2) is 9.78 Å². The third-order valence-electron chi connectivity index (χ3n) is 2.73. The molecular formula is C14H13N3O2S. The van der Waals surface area contributed by atoms with Gasteiger partial charge in [0.05, 0.1) is 11.7 Å². The summed E-state index contributed by atoms with van der Waals surface area (Å²) >= 11 is 1.29. The summed E-state index contributed by atoms with van der Waals surface area (Å²) in [5.74, 6) is 2.43. The Bertz CT molecular complexity index is 661. The molecule has 5 nitrogen and oxygen atoms in total. The number of pyridine rings is 1. The van der Waals surface area contributed by atoms with E-state index in [-0.39, 0.29) is 0 Å². The first-order valence-electron chi connectivity index (χ1n) is 5.90. The molecule has 0 spiro atoms. The number of hydrogen-bond donors (Lipinski definition) is 1. The molecule has 2 rings (SSSR count). The summed E-state index contributed by atoms with van der Waals surface area (Å²) < 4.78 is 0. The molecule has 0 aromatic carbocycles. The van der Waals surface area contributed by atoms with Crippen molar-refractivity contribution in [2.24, 2.45) is 0 Å². The highest BCUT2D eigenvalue weighted by Crippen LogP contribution is 2.35. The van der Waals surface area contributed by atoms with Gasteiger partial charge >= 0.3 is 6.09 Å². The topological polar surface area (TPSA) is 66.3 Å². The zero-order valence-corrected chi connectivity index (χ0v) is 11.9. The summed E-state index contributed by atoms with van der Waals surface area (Å²) in [5.41, 5.74) is 1.49. The average molecular weight is 287 g/mol. The molecule has 20 heavy (non-hydrogen) atoms. The van der Waals surface area contributed by atoms with Crippen LogP contribution in [-0.4, -0.2) is 27.2 Å². The van der Waals surface area contributed by atoms with Crippen molar-refractivity contribution in [1.82, 2.24) is 9.97 Å². The number of carbonyl (C=O) groups is 1. The van der Waals surface area contributed by atoms with Gasteiger partial charge in [-0.3, -0.25) is 9.88 Å². The van der Waals surface area contributed by atoms with Crippen LogP contribution in [0.4, 0.5) is 9.80 Å². The molecule has 0 fully saturated rings. The van der Waals surface area contributed by atoms with Gasteiger partial charge in [-0.1, -0.05) is 17.3 Å². The van der Waals surface area contributed by atoms with Crippen LogP contribution in [-0.2, 0) is 0 Å². The molecule has 0 saturated carbocycles. The van der Waals surface area contributed by atoms with Gasteiger partial charge in [0.2, 0.25) is 0 Å². The lowest BCUT2D eigenvalue weighted by Crippen LogP contribution is -2.36. The minimum Gasteiger partial charge on any atom is -0.465 e. The molecule has 1 amide bonds. The van der Waals surface area contributed by atoms with E-state index in [1.54, 1.807) is 26.2 Å². The maximum Gasteiger partial charge on any atom is 0.413 e. The normalized spacial score (nSPS) is 11.7. The molecule has 0 aliphatic heterocycles. The lowest BCUT2D eigenvalue weighted by atomic mass is 10.3. The van der Waals surface area contributed by atoms with Crippen LogP contribution in [0, 0.1) is 19.3 Å². The molecule has 2 heterocycles. The minimum absolute atomic E-state index is 0.543. The second-order valence-corrected chi connectivity index (χ2v) is 5.12. The minimum atomic E-state index is -1.08. The lowest BCUT2D eigenvalue weighted by Gasteiger charge is -2.20. The van der Waals surface area contributed by atoms with Crippen LogP contribution in [0.1, 0.15) is 12.6 Å². The van der Waals surface area contributed by atoms with Gasteiger partial charge in [-0.05, 0) is 26.0 Å². The summed E-state index contributed by atoms with van der Waals surface area (Å²) in [5, 5.41) is 10.6. The van der Waals surface area contributed by atoms with E-state index >= 15 is 0 Å². The van der Waals surface area contributed by atoms with E-state index in [0.29, 0.717) is 10.7 Å². The summed E-state index contributed by atoms with van der Waals surface area (Å²) in [6.07, 6.45) is 7.62. The Morgan fingerprint density at radius 1 is 1.60 bits per heavy atom. The molecule has 2 aromatic heterocycles. The van der Waals surface area contributed by atoms with Gasteiger partial charge in [0, 0.05) is 18.0 Å². The van der Waals surface area contributed by atoms with E-state index < -0.39 is 12.1 Å². The number of aryl methyl sites for hydroxylation is 1. The maximum absolute atomic E-state index is 11.4. The van der Waals surface area contributed by atoms with Crippen molar-refractivity contribution in [3.63, 3.8) is 0 Å². The summed E-state index contributed by atoms with van der Waals surface area (Å²) in [6, 6.07) is 3.14. The number of thiazole rings is 1. The van der Waals surface area contributed by atoms with E-state index in [2.05, 4.69) is 15.9 Å². The predicted octanol–water partition coefficient (Wildman–Crippen LogP) is 3.02. The smallest absolute Gasteiger partial charge is 0.413 e. The van der Waals surface area contributed by atoms with Gasteiger partial charge in [0.1, 0.15) is 10.0 Å². The molecule has 1 unspecified atom stereocenters. The molecule has 0 radical (unpaired) electrons. The van der Waals surface area contributed by atoms with Gasteiger partial charge in [0.15, 0.2) is 0 Å². The summed E-state index contributed by atoms with van der Waals surface area (Å²) in [6.45, 7) is 3.43. The van der Waals surface area contributed by atoms with Crippen LogP contribution in [0.3, 0.4) is 0 Å². The molecule has 0 bridgehead atoms. The standard InChI is InChI=1S/C14H13N3O2S/c1-4-9(2)17(14(18)19)13-10(3)16-12(20-13)11-6-5-7-15-8-11/h1,5-9H,2-3H3,(H,18,19). The zero-order chi connectivity index (χ0) is 14.7.